The Balaban J connectivity index is 2.19. The third-order valence-corrected chi connectivity index (χ3v) is 3.84. The van der Waals surface area contributed by atoms with Gasteiger partial charge in [-0.1, -0.05) is 0 Å². The van der Waals surface area contributed by atoms with E-state index in [9.17, 15) is 13.2 Å². The average molecular weight is 358 g/mol. The van der Waals surface area contributed by atoms with Crippen molar-refractivity contribution in [2.45, 2.75) is 13.5 Å². The number of hydrogen-bond acceptors (Lipinski definition) is 6. The maximum absolute atomic E-state index is 12.4. The smallest absolute Gasteiger partial charge is 0.274 e. The van der Waals surface area contributed by atoms with Crippen LogP contribution in [0.2, 0.25) is 5.28 Å². The standard InChI is InChI=1S/C13H16ClN5O3S/c1-9-8-15-13(14)18-11(9)17-10-4-3-6-19(12(10)20)7-5-16-23(2,21)22/h3-4,6,8,16H,5,7H2,1-2H3,(H,15,17,18). The molecule has 10 heteroatoms. The number of rotatable bonds is 6. The number of anilines is 2. The Labute approximate surface area is 138 Å². The van der Waals surface area contributed by atoms with Crippen molar-refractivity contribution >= 4 is 33.1 Å². The van der Waals surface area contributed by atoms with Crippen LogP contribution in [0.1, 0.15) is 5.56 Å². The highest BCUT2D eigenvalue weighted by Crippen LogP contribution is 2.16. The summed E-state index contributed by atoms with van der Waals surface area (Å²) in [7, 11) is -3.29. The second kappa shape index (κ2) is 7.07. The number of aromatic nitrogens is 3. The largest absolute Gasteiger partial charge is 0.335 e. The van der Waals surface area contributed by atoms with Gasteiger partial charge in [-0.05, 0) is 30.7 Å². The van der Waals surface area contributed by atoms with E-state index in [2.05, 4.69) is 20.0 Å². The number of sulfonamides is 1. The van der Waals surface area contributed by atoms with Crippen molar-refractivity contribution in [3.05, 3.63) is 45.7 Å². The van der Waals surface area contributed by atoms with Crippen LogP contribution in [-0.4, -0.2) is 35.8 Å². The molecule has 2 rings (SSSR count). The van der Waals surface area contributed by atoms with Crippen LogP contribution in [-0.2, 0) is 16.6 Å². The molecule has 8 nitrogen and oxygen atoms in total. The van der Waals surface area contributed by atoms with Gasteiger partial charge in [-0.3, -0.25) is 4.79 Å². The Hall–Kier alpha value is -1.97. The number of aryl methyl sites for hydroxylation is 1. The van der Waals surface area contributed by atoms with Gasteiger partial charge in [0.1, 0.15) is 11.5 Å². The third kappa shape index (κ3) is 5.02. The maximum atomic E-state index is 12.4. The van der Waals surface area contributed by atoms with Crippen molar-refractivity contribution in [3.63, 3.8) is 0 Å². The molecule has 0 aliphatic carbocycles. The lowest BCUT2D eigenvalue weighted by molar-refractivity contribution is 0.576. The summed E-state index contributed by atoms with van der Waals surface area (Å²) < 4.78 is 25.8. The summed E-state index contributed by atoms with van der Waals surface area (Å²) in [6.07, 6.45) is 4.20. The van der Waals surface area contributed by atoms with Gasteiger partial charge in [0.05, 0.1) is 6.26 Å². The van der Waals surface area contributed by atoms with Crippen molar-refractivity contribution in [2.24, 2.45) is 0 Å². The van der Waals surface area contributed by atoms with E-state index >= 15 is 0 Å². The molecule has 2 aromatic rings. The van der Waals surface area contributed by atoms with E-state index in [0.29, 0.717) is 11.5 Å². The number of halogens is 1. The quantitative estimate of drug-likeness (QED) is 0.744. The molecule has 0 unspecified atom stereocenters. The molecular weight excluding hydrogens is 342 g/mol. The molecule has 23 heavy (non-hydrogen) atoms. The van der Waals surface area contributed by atoms with Crippen molar-refractivity contribution in [3.8, 4) is 0 Å². The molecule has 2 heterocycles. The monoisotopic (exact) mass is 357 g/mol. The molecule has 0 saturated heterocycles. The number of hydrogen-bond donors (Lipinski definition) is 2. The second-order valence-corrected chi connectivity index (χ2v) is 7.05. The fourth-order valence-electron chi connectivity index (χ4n) is 1.83. The molecule has 0 radical (unpaired) electrons. The van der Waals surface area contributed by atoms with Gasteiger partial charge < -0.3 is 9.88 Å². The van der Waals surface area contributed by atoms with Gasteiger partial charge >= 0.3 is 0 Å². The van der Waals surface area contributed by atoms with Crippen LogP contribution >= 0.6 is 11.6 Å². The zero-order chi connectivity index (χ0) is 17.0. The fourth-order valence-corrected chi connectivity index (χ4v) is 2.43. The summed E-state index contributed by atoms with van der Waals surface area (Å²) in [4.78, 5) is 20.3. The van der Waals surface area contributed by atoms with E-state index in [1.165, 1.54) is 4.57 Å². The SMILES string of the molecule is Cc1cnc(Cl)nc1Nc1cccn(CCNS(C)(=O)=O)c1=O. The van der Waals surface area contributed by atoms with E-state index in [1.807, 2.05) is 0 Å². The number of nitrogens with one attached hydrogen (secondary N) is 2. The lowest BCUT2D eigenvalue weighted by Crippen LogP contribution is -2.30. The Morgan fingerprint density at radius 2 is 2.13 bits per heavy atom. The molecule has 0 atom stereocenters. The first-order chi connectivity index (χ1) is 10.8. The Bertz CT molecular complexity index is 866. The molecule has 0 amide bonds. The van der Waals surface area contributed by atoms with Crippen LogP contribution < -0.4 is 15.6 Å². The lowest BCUT2D eigenvalue weighted by Gasteiger charge is -2.11. The van der Waals surface area contributed by atoms with Crippen LogP contribution in [0.5, 0.6) is 0 Å². The van der Waals surface area contributed by atoms with Gasteiger partial charge in [-0.25, -0.2) is 23.1 Å². The van der Waals surface area contributed by atoms with Crippen LogP contribution in [0.15, 0.2) is 29.3 Å². The van der Waals surface area contributed by atoms with Crippen molar-refractivity contribution in [1.29, 1.82) is 0 Å². The number of nitrogens with zero attached hydrogens (tertiary/aromatic N) is 3. The second-order valence-electron chi connectivity index (χ2n) is 4.88. The maximum Gasteiger partial charge on any atom is 0.274 e. The Morgan fingerprint density at radius 3 is 2.83 bits per heavy atom. The summed E-state index contributed by atoms with van der Waals surface area (Å²) in [6, 6.07) is 3.29. The minimum absolute atomic E-state index is 0.0757. The fraction of sp³-hybridized carbons (Fsp3) is 0.308. The minimum Gasteiger partial charge on any atom is -0.335 e. The minimum atomic E-state index is -3.29. The molecule has 0 aliphatic rings. The molecule has 0 aliphatic heterocycles. The molecule has 0 aromatic carbocycles. The van der Waals surface area contributed by atoms with Crippen molar-refractivity contribution in [2.75, 3.05) is 18.1 Å². The van der Waals surface area contributed by atoms with Gasteiger partial charge in [0, 0.05) is 31.0 Å². The van der Waals surface area contributed by atoms with Gasteiger partial charge in [-0.15, -0.1) is 0 Å². The third-order valence-electron chi connectivity index (χ3n) is 2.93. The highest BCUT2D eigenvalue weighted by molar-refractivity contribution is 7.88. The normalized spacial score (nSPS) is 11.4. The van der Waals surface area contributed by atoms with E-state index < -0.39 is 10.0 Å². The molecule has 0 fully saturated rings. The molecule has 124 valence electrons. The zero-order valence-corrected chi connectivity index (χ0v) is 14.1. The number of pyridine rings is 1. The first kappa shape index (κ1) is 17.4. The highest BCUT2D eigenvalue weighted by Gasteiger charge is 2.08. The van der Waals surface area contributed by atoms with Crippen molar-refractivity contribution < 1.29 is 8.42 Å². The van der Waals surface area contributed by atoms with Gasteiger partial charge in [0.2, 0.25) is 15.3 Å². The lowest BCUT2D eigenvalue weighted by atomic mass is 10.3. The molecule has 0 spiro atoms. The summed E-state index contributed by atoms with van der Waals surface area (Å²) in [5.41, 5.74) is 0.754. The molecule has 2 N–H and O–H groups in total. The molecule has 2 aromatic heterocycles. The van der Waals surface area contributed by atoms with E-state index in [1.54, 1.807) is 31.5 Å². The molecule has 0 bridgehead atoms. The highest BCUT2D eigenvalue weighted by atomic mass is 35.5. The van der Waals surface area contributed by atoms with Gasteiger partial charge in [0.15, 0.2) is 0 Å². The van der Waals surface area contributed by atoms with Gasteiger partial charge in [-0.2, -0.15) is 0 Å². The van der Waals surface area contributed by atoms with Crippen molar-refractivity contribution in [1.82, 2.24) is 19.3 Å². The Morgan fingerprint density at radius 1 is 1.39 bits per heavy atom. The summed E-state index contributed by atoms with van der Waals surface area (Å²) in [5.74, 6) is 0.439. The van der Waals surface area contributed by atoms with Gasteiger partial charge in [0.25, 0.3) is 5.56 Å². The zero-order valence-electron chi connectivity index (χ0n) is 12.6. The van der Waals surface area contributed by atoms with Crippen LogP contribution in [0.25, 0.3) is 0 Å². The molecular formula is C13H16ClN5O3S. The topological polar surface area (TPSA) is 106 Å². The first-order valence-corrected chi connectivity index (χ1v) is 8.93. The predicted octanol–water partition coefficient (Wildman–Crippen LogP) is 0.893. The first-order valence-electron chi connectivity index (χ1n) is 6.66. The van der Waals surface area contributed by atoms with Crippen LogP contribution in [0.3, 0.4) is 0 Å². The Kier molecular flexibility index (Phi) is 5.34. The van der Waals surface area contributed by atoms with E-state index in [0.717, 1.165) is 11.8 Å². The van der Waals surface area contributed by atoms with E-state index in [-0.39, 0.29) is 23.9 Å². The average Bonchev–Trinajstić information content (AvgIpc) is 2.45. The molecule has 0 saturated carbocycles. The summed E-state index contributed by atoms with van der Waals surface area (Å²) in [5, 5.41) is 3.00. The van der Waals surface area contributed by atoms with Crippen LogP contribution in [0, 0.1) is 6.92 Å². The summed E-state index contributed by atoms with van der Waals surface area (Å²) in [6.45, 7) is 2.13. The predicted molar refractivity (Wildman–Crippen MR) is 88.6 cm³/mol. The van der Waals surface area contributed by atoms with Crippen LogP contribution in [0.4, 0.5) is 11.5 Å². The summed E-state index contributed by atoms with van der Waals surface area (Å²) >= 11 is 5.75. The van der Waals surface area contributed by atoms with E-state index in [4.69, 9.17) is 11.6 Å².